The lowest BCUT2D eigenvalue weighted by Crippen LogP contribution is -2.47. The number of nitrogens with one attached hydrogen (secondary N) is 2. The van der Waals surface area contributed by atoms with Gasteiger partial charge in [0.05, 0.1) is 17.5 Å². The van der Waals surface area contributed by atoms with Gasteiger partial charge in [-0.3, -0.25) is 9.89 Å². The van der Waals surface area contributed by atoms with Crippen molar-refractivity contribution < 1.29 is 27.4 Å². The predicted molar refractivity (Wildman–Crippen MR) is 105 cm³/mol. The molecule has 1 aromatic heterocycles. The summed E-state index contributed by atoms with van der Waals surface area (Å²) in [5.41, 5.74) is 2.19. The van der Waals surface area contributed by atoms with E-state index in [0.29, 0.717) is 47.2 Å². The minimum Gasteiger partial charge on any atom is -0.486 e. The summed E-state index contributed by atoms with van der Waals surface area (Å²) in [5.74, 6) is 0.426. The van der Waals surface area contributed by atoms with E-state index in [0.717, 1.165) is 4.90 Å². The first kappa shape index (κ1) is 19.3. The zero-order valence-corrected chi connectivity index (χ0v) is 16.1. The van der Waals surface area contributed by atoms with E-state index < -0.39 is 24.8 Å². The second-order valence-electron chi connectivity index (χ2n) is 7.20. The van der Waals surface area contributed by atoms with Crippen LogP contribution in [-0.2, 0) is 0 Å². The van der Waals surface area contributed by atoms with Crippen molar-refractivity contribution in [2.75, 3.05) is 25.1 Å². The van der Waals surface area contributed by atoms with Crippen LogP contribution in [-0.4, -0.2) is 46.9 Å². The van der Waals surface area contributed by atoms with Crippen LogP contribution >= 0.6 is 0 Å². The molecule has 10 heteroatoms. The summed E-state index contributed by atoms with van der Waals surface area (Å²) in [6, 6.07) is 11.7. The van der Waals surface area contributed by atoms with E-state index in [1.165, 1.54) is 12.3 Å². The Hall–Kier alpha value is -3.69. The molecular formula is C21H17F3N4O3. The number of amides is 1. The Morgan fingerprint density at radius 3 is 2.68 bits per heavy atom. The van der Waals surface area contributed by atoms with Crippen molar-refractivity contribution in [1.82, 2.24) is 15.1 Å². The van der Waals surface area contributed by atoms with Gasteiger partial charge in [-0.1, -0.05) is 12.1 Å². The molecule has 3 heterocycles. The summed E-state index contributed by atoms with van der Waals surface area (Å²) in [5, 5.41) is 9.95. The van der Waals surface area contributed by atoms with Gasteiger partial charge < -0.3 is 19.7 Å². The second kappa shape index (κ2) is 7.22. The van der Waals surface area contributed by atoms with Gasteiger partial charge in [0.2, 0.25) is 0 Å². The molecule has 0 spiro atoms. The first-order valence-electron chi connectivity index (χ1n) is 9.57. The molecule has 0 radical (unpaired) electrons. The van der Waals surface area contributed by atoms with Crippen LogP contribution < -0.4 is 14.8 Å². The van der Waals surface area contributed by atoms with Crippen molar-refractivity contribution in [2.45, 2.75) is 12.3 Å². The normalized spacial score (nSPS) is 17.8. The van der Waals surface area contributed by atoms with Crippen LogP contribution in [0.25, 0.3) is 11.3 Å². The number of aromatic amines is 1. The number of halogens is 3. The molecule has 0 saturated heterocycles. The smallest absolute Gasteiger partial charge is 0.406 e. The van der Waals surface area contributed by atoms with Gasteiger partial charge in [0, 0.05) is 16.8 Å². The lowest BCUT2D eigenvalue weighted by molar-refractivity contribution is -0.144. The maximum absolute atomic E-state index is 13.3. The van der Waals surface area contributed by atoms with Crippen molar-refractivity contribution in [3.8, 4) is 22.8 Å². The highest BCUT2D eigenvalue weighted by Crippen LogP contribution is 2.40. The van der Waals surface area contributed by atoms with Crippen molar-refractivity contribution in [3.05, 3.63) is 59.8 Å². The molecule has 0 aliphatic carbocycles. The minimum atomic E-state index is -4.57. The topological polar surface area (TPSA) is 79.5 Å². The van der Waals surface area contributed by atoms with E-state index in [4.69, 9.17) is 9.47 Å². The average Bonchev–Trinajstić information content (AvgIpc) is 3.24. The fourth-order valence-electron chi connectivity index (χ4n) is 3.83. The monoisotopic (exact) mass is 430 g/mol. The van der Waals surface area contributed by atoms with E-state index in [1.54, 1.807) is 36.4 Å². The molecular weight excluding hydrogens is 413 g/mol. The zero-order chi connectivity index (χ0) is 21.6. The third kappa shape index (κ3) is 3.54. The molecule has 2 N–H and O–H groups in total. The van der Waals surface area contributed by atoms with Crippen molar-refractivity contribution in [3.63, 3.8) is 0 Å². The molecule has 31 heavy (non-hydrogen) atoms. The standard InChI is InChI=1S/C21H17F3N4O3/c22-21(23,24)11-28-19(26-15-4-2-1-3-13(15)20(28)29)14-10-25-27-18(14)12-5-6-16-17(9-12)31-8-7-30-16/h1-6,9-10,19,26H,7-8,11H2,(H,25,27). The molecule has 1 atom stereocenters. The molecule has 0 fully saturated rings. The van der Waals surface area contributed by atoms with Crippen LogP contribution in [0.4, 0.5) is 18.9 Å². The summed E-state index contributed by atoms with van der Waals surface area (Å²) in [6.07, 6.45) is -4.21. The third-order valence-electron chi connectivity index (χ3n) is 5.17. The largest absolute Gasteiger partial charge is 0.486 e. The first-order chi connectivity index (χ1) is 14.9. The number of benzene rings is 2. The number of aromatic nitrogens is 2. The molecule has 1 amide bonds. The number of rotatable bonds is 3. The number of hydrogen-bond acceptors (Lipinski definition) is 5. The Labute approximate surface area is 174 Å². The fraction of sp³-hybridized carbons (Fsp3) is 0.238. The molecule has 0 saturated carbocycles. The van der Waals surface area contributed by atoms with Gasteiger partial charge in [-0.25, -0.2) is 0 Å². The summed E-state index contributed by atoms with van der Waals surface area (Å²) >= 11 is 0. The van der Waals surface area contributed by atoms with Crippen LogP contribution in [0.1, 0.15) is 22.1 Å². The Balaban J connectivity index is 1.58. The Morgan fingerprint density at radius 1 is 1.10 bits per heavy atom. The predicted octanol–water partition coefficient (Wildman–Crippen LogP) is 3.98. The Bertz CT molecular complexity index is 1140. The number of carbonyl (C=O) groups excluding carboxylic acids is 1. The highest BCUT2D eigenvalue weighted by atomic mass is 19.4. The maximum Gasteiger partial charge on any atom is 0.406 e. The van der Waals surface area contributed by atoms with Gasteiger partial charge in [0.25, 0.3) is 5.91 Å². The number of hydrogen-bond donors (Lipinski definition) is 2. The molecule has 7 nitrogen and oxygen atoms in total. The van der Waals surface area contributed by atoms with Crippen molar-refractivity contribution >= 4 is 11.6 Å². The maximum atomic E-state index is 13.3. The van der Waals surface area contributed by atoms with E-state index in [1.807, 2.05) is 0 Å². The summed E-state index contributed by atoms with van der Waals surface area (Å²) < 4.78 is 51.2. The summed E-state index contributed by atoms with van der Waals surface area (Å²) in [7, 11) is 0. The second-order valence-corrected chi connectivity index (χ2v) is 7.20. The molecule has 160 valence electrons. The number of carbonyl (C=O) groups is 1. The van der Waals surface area contributed by atoms with Crippen LogP contribution in [0.15, 0.2) is 48.7 Å². The van der Waals surface area contributed by atoms with Gasteiger partial charge in [-0.15, -0.1) is 0 Å². The fourth-order valence-corrected chi connectivity index (χ4v) is 3.83. The SMILES string of the molecule is O=C1c2ccccc2NC(c2cn[nH]c2-c2ccc3c(c2)OCCO3)N1CC(F)(F)F. The van der Waals surface area contributed by atoms with E-state index >= 15 is 0 Å². The number of anilines is 1. The van der Waals surface area contributed by atoms with E-state index in [2.05, 4.69) is 15.5 Å². The number of nitrogens with zero attached hydrogens (tertiary/aromatic N) is 2. The van der Waals surface area contributed by atoms with Crippen LogP contribution in [0.2, 0.25) is 0 Å². The minimum absolute atomic E-state index is 0.187. The lowest BCUT2D eigenvalue weighted by atomic mass is 10.0. The van der Waals surface area contributed by atoms with Gasteiger partial charge in [0.1, 0.15) is 25.9 Å². The van der Waals surface area contributed by atoms with Crippen LogP contribution in [0.5, 0.6) is 11.5 Å². The Kier molecular flexibility index (Phi) is 4.49. The number of para-hydroxylation sites is 1. The average molecular weight is 430 g/mol. The third-order valence-corrected chi connectivity index (χ3v) is 5.17. The lowest BCUT2D eigenvalue weighted by Gasteiger charge is -2.38. The highest BCUT2D eigenvalue weighted by molar-refractivity contribution is 6.02. The van der Waals surface area contributed by atoms with Gasteiger partial charge in [-0.2, -0.15) is 18.3 Å². The van der Waals surface area contributed by atoms with E-state index in [9.17, 15) is 18.0 Å². The number of H-pyrrole nitrogens is 1. The molecule has 3 aromatic rings. The van der Waals surface area contributed by atoms with Gasteiger partial charge in [0.15, 0.2) is 11.5 Å². The Morgan fingerprint density at radius 2 is 1.87 bits per heavy atom. The molecule has 2 aliphatic rings. The van der Waals surface area contributed by atoms with Gasteiger partial charge in [-0.05, 0) is 30.3 Å². The first-order valence-corrected chi connectivity index (χ1v) is 9.57. The number of ether oxygens (including phenoxy) is 2. The van der Waals surface area contributed by atoms with Crippen LogP contribution in [0.3, 0.4) is 0 Å². The highest BCUT2D eigenvalue weighted by Gasteiger charge is 2.41. The summed E-state index contributed by atoms with van der Waals surface area (Å²) in [4.78, 5) is 13.7. The molecule has 1 unspecified atom stereocenters. The number of fused-ring (bicyclic) bond motifs is 2. The quantitative estimate of drug-likeness (QED) is 0.657. The molecule has 5 rings (SSSR count). The molecule has 2 aliphatic heterocycles. The van der Waals surface area contributed by atoms with Gasteiger partial charge >= 0.3 is 6.18 Å². The zero-order valence-electron chi connectivity index (χ0n) is 16.1. The molecule has 2 aromatic carbocycles. The van der Waals surface area contributed by atoms with Crippen LogP contribution in [0, 0.1) is 0 Å². The van der Waals surface area contributed by atoms with Crippen molar-refractivity contribution in [2.24, 2.45) is 0 Å². The van der Waals surface area contributed by atoms with E-state index in [-0.39, 0.29) is 5.56 Å². The summed E-state index contributed by atoms with van der Waals surface area (Å²) in [6.45, 7) is -0.549. The molecule has 0 bridgehead atoms. The van der Waals surface area contributed by atoms with Crippen molar-refractivity contribution in [1.29, 1.82) is 0 Å². The number of alkyl halides is 3.